The molecule has 3 rings (SSSR count). The van der Waals surface area contributed by atoms with E-state index in [9.17, 15) is 13.2 Å². The van der Waals surface area contributed by atoms with Crippen LogP contribution in [0.4, 0.5) is 13.2 Å². The smallest absolute Gasteiger partial charge is 0.406 e. The maximum absolute atomic E-state index is 12.1. The predicted molar refractivity (Wildman–Crippen MR) is 69.8 cm³/mol. The van der Waals surface area contributed by atoms with E-state index < -0.39 is 6.36 Å². The van der Waals surface area contributed by atoms with Crippen LogP contribution >= 0.6 is 0 Å². The first-order valence-electron chi connectivity index (χ1n) is 6.08. The number of imidazole rings is 1. The van der Waals surface area contributed by atoms with Crippen molar-refractivity contribution in [1.29, 1.82) is 0 Å². The van der Waals surface area contributed by atoms with E-state index in [0.717, 1.165) is 16.8 Å². The number of benzene rings is 1. The van der Waals surface area contributed by atoms with Crippen LogP contribution in [0, 0.1) is 6.92 Å². The second-order valence-corrected chi connectivity index (χ2v) is 4.50. The van der Waals surface area contributed by atoms with Crippen LogP contribution in [0.15, 0.2) is 42.9 Å². The Morgan fingerprint density at radius 1 is 1.05 bits per heavy atom. The van der Waals surface area contributed by atoms with Gasteiger partial charge in [0, 0.05) is 24.2 Å². The first kappa shape index (κ1) is 13.4. The molecule has 0 saturated heterocycles. The lowest BCUT2D eigenvalue weighted by molar-refractivity contribution is -0.274. The fraction of sp³-hybridized carbons (Fsp3) is 0.143. The standard InChI is InChI=1S/C14H10F3N3O/c1-9-7-20-8-11(6-18-13(20)19-9)10-2-4-12(5-3-10)21-14(15,16)17/h2-8H,1H3. The zero-order valence-corrected chi connectivity index (χ0v) is 10.9. The summed E-state index contributed by atoms with van der Waals surface area (Å²) in [6.07, 6.45) is 0.590. The highest BCUT2D eigenvalue weighted by atomic mass is 19.4. The highest BCUT2D eigenvalue weighted by Gasteiger charge is 2.30. The number of nitrogens with zero attached hydrogens (tertiary/aromatic N) is 3. The number of ether oxygens (including phenoxy) is 1. The Kier molecular flexibility index (Phi) is 3.04. The molecule has 0 radical (unpaired) electrons. The summed E-state index contributed by atoms with van der Waals surface area (Å²) in [5.74, 6) is 0.326. The van der Waals surface area contributed by atoms with Crippen LogP contribution in [0.25, 0.3) is 16.9 Å². The number of aryl methyl sites for hydroxylation is 1. The molecule has 2 aromatic heterocycles. The van der Waals surface area contributed by atoms with E-state index in [4.69, 9.17) is 0 Å². The lowest BCUT2D eigenvalue weighted by Crippen LogP contribution is -2.16. The van der Waals surface area contributed by atoms with Gasteiger partial charge in [-0.05, 0) is 24.6 Å². The Morgan fingerprint density at radius 2 is 1.76 bits per heavy atom. The van der Waals surface area contributed by atoms with Crippen molar-refractivity contribution in [2.24, 2.45) is 0 Å². The minimum Gasteiger partial charge on any atom is -0.406 e. The van der Waals surface area contributed by atoms with Crippen LogP contribution in [0.5, 0.6) is 5.75 Å². The average Bonchev–Trinajstić information content (AvgIpc) is 2.76. The van der Waals surface area contributed by atoms with Gasteiger partial charge in [0.05, 0.1) is 5.69 Å². The number of hydrogen-bond acceptors (Lipinski definition) is 3. The van der Waals surface area contributed by atoms with E-state index in [1.807, 2.05) is 19.3 Å². The highest BCUT2D eigenvalue weighted by Crippen LogP contribution is 2.26. The Balaban J connectivity index is 1.91. The molecule has 4 nitrogen and oxygen atoms in total. The summed E-state index contributed by atoms with van der Waals surface area (Å²) in [5, 5.41) is 0. The van der Waals surface area contributed by atoms with Crippen LogP contribution in [0.3, 0.4) is 0 Å². The van der Waals surface area contributed by atoms with E-state index in [1.165, 1.54) is 12.1 Å². The Labute approximate surface area is 117 Å². The van der Waals surface area contributed by atoms with Gasteiger partial charge in [-0.2, -0.15) is 0 Å². The summed E-state index contributed by atoms with van der Waals surface area (Å²) in [5.41, 5.74) is 2.36. The molecule has 0 aliphatic rings. The van der Waals surface area contributed by atoms with Gasteiger partial charge in [0.25, 0.3) is 0 Å². The summed E-state index contributed by atoms with van der Waals surface area (Å²) in [6.45, 7) is 1.86. The molecule has 3 aromatic rings. The van der Waals surface area contributed by atoms with Gasteiger partial charge < -0.3 is 4.74 Å². The maximum Gasteiger partial charge on any atom is 0.573 e. The zero-order valence-electron chi connectivity index (χ0n) is 10.9. The molecule has 0 bridgehead atoms. The van der Waals surface area contributed by atoms with Gasteiger partial charge in [-0.1, -0.05) is 12.1 Å². The molecular weight excluding hydrogens is 283 g/mol. The van der Waals surface area contributed by atoms with Crippen molar-refractivity contribution in [3.8, 4) is 16.9 Å². The van der Waals surface area contributed by atoms with Gasteiger partial charge in [0.1, 0.15) is 5.75 Å². The minimum atomic E-state index is -4.68. The molecule has 21 heavy (non-hydrogen) atoms. The van der Waals surface area contributed by atoms with Crippen molar-refractivity contribution in [3.63, 3.8) is 0 Å². The number of aromatic nitrogens is 3. The number of hydrogen-bond donors (Lipinski definition) is 0. The molecule has 0 saturated carbocycles. The SMILES string of the molecule is Cc1cn2cc(-c3ccc(OC(F)(F)F)cc3)cnc2n1. The number of alkyl halides is 3. The molecule has 0 aliphatic heterocycles. The van der Waals surface area contributed by atoms with Crippen molar-refractivity contribution in [2.45, 2.75) is 13.3 Å². The molecule has 0 atom stereocenters. The molecule has 0 fully saturated rings. The number of rotatable bonds is 2. The number of halogens is 3. The topological polar surface area (TPSA) is 39.4 Å². The summed E-state index contributed by atoms with van der Waals surface area (Å²) >= 11 is 0. The fourth-order valence-electron chi connectivity index (χ4n) is 2.00. The van der Waals surface area contributed by atoms with Crippen LogP contribution < -0.4 is 4.74 Å². The maximum atomic E-state index is 12.1. The van der Waals surface area contributed by atoms with E-state index in [-0.39, 0.29) is 5.75 Å². The summed E-state index contributed by atoms with van der Waals surface area (Å²) in [4.78, 5) is 8.41. The van der Waals surface area contributed by atoms with Crippen LogP contribution in [0.1, 0.15) is 5.69 Å². The first-order valence-corrected chi connectivity index (χ1v) is 6.08. The summed E-state index contributed by atoms with van der Waals surface area (Å²) < 4.78 is 41.9. The minimum absolute atomic E-state index is 0.251. The predicted octanol–water partition coefficient (Wildman–Crippen LogP) is 3.60. The largest absolute Gasteiger partial charge is 0.573 e. The van der Waals surface area contributed by atoms with Gasteiger partial charge in [0.2, 0.25) is 5.78 Å². The molecule has 0 N–H and O–H groups in total. The second-order valence-electron chi connectivity index (χ2n) is 4.50. The molecule has 1 aromatic carbocycles. The van der Waals surface area contributed by atoms with Crippen LogP contribution in [-0.4, -0.2) is 20.7 Å². The Bertz CT molecular complexity index is 778. The lowest BCUT2D eigenvalue weighted by atomic mass is 10.1. The lowest BCUT2D eigenvalue weighted by Gasteiger charge is -2.09. The van der Waals surface area contributed by atoms with Gasteiger partial charge in [-0.25, -0.2) is 9.97 Å². The van der Waals surface area contributed by atoms with E-state index >= 15 is 0 Å². The third-order valence-corrected chi connectivity index (χ3v) is 2.85. The molecule has 0 aliphatic carbocycles. The first-order chi connectivity index (χ1) is 9.90. The van der Waals surface area contributed by atoms with Crippen molar-refractivity contribution >= 4 is 5.78 Å². The average molecular weight is 293 g/mol. The number of fused-ring (bicyclic) bond motifs is 1. The summed E-state index contributed by atoms with van der Waals surface area (Å²) in [7, 11) is 0. The van der Waals surface area contributed by atoms with Crippen molar-refractivity contribution < 1.29 is 17.9 Å². The van der Waals surface area contributed by atoms with Gasteiger partial charge in [-0.3, -0.25) is 4.40 Å². The second kappa shape index (κ2) is 4.76. The van der Waals surface area contributed by atoms with Crippen molar-refractivity contribution in [3.05, 3.63) is 48.5 Å². The third kappa shape index (κ3) is 2.96. The van der Waals surface area contributed by atoms with Crippen molar-refractivity contribution in [2.75, 3.05) is 0 Å². The summed E-state index contributed by atoms with van der Waals surface area (Å²) in [6, 6.07) is 5.64. The molecule has 2 heterocycles. The van der Waals surface area contributed by atoms with Crippen molar-refractivity contribution in [1.82, 2.24) is 14.4 Å². The normalized spacial score (nSPS) is 11.8. The quantitative estimate of drug-likeness (QED) is 0.724. The molecule has 0 unspecified atom stereocenters. The Morgan fingerprint density at radius 3 is 2.43 bits per heavy atom. The van der Waals surface area contributed by atoms with Gasteiger partial charge >= 0.3 is 6.36 Å². The van der Waals surface area contributed by atoms with Crippen LogP contribution in [0.2, 0.25) is 0 Å². The molecule has 0 amide bonds. The molecule has 0 spiro atoms. The van der Waals surface area contributed by atoms with E-state index in [1.54, 1.807) is 22.7 Å². The van der Waals surface area contributed by atoms with E-state index in [0.29, 0.717) is 5.78 Å². The van der Waals surface area contributed by atoms with Crippen LogP contribution in [-0.2, 0) is 0 Å². The van der Waals surface area contributed by atoms with Gasteiger partial charge in [0.15, 0.2) is 0 Å². The third-order valence-electron chi connectivity index (χ3n) is 2.85. The van der Waals surface area contributed by atoms with E-state index in [2.05, 4.69) is 14.7 Å². The Hall–Kier alpha value is -2.57. The zero-order chi connectivity index (χ0) is 15.0. The molecule has 7 heteroatoms. The fourth-order valence-corrected chi connectivity index (χ4v) is 2.00. The molecular formula is C14H10F3N3O. The van der Waals surface area contributed by atoms with Gasteiger partial charge in [-0.15, -0.1) is 13.2 Å². The monoisotopic (exact) mass is 293 g/mol. The molecule has 108 valence electrons. The highest BCUT2D eigenvalue weighted by molar-refractivity contribution is 5.63.